The van der Waals surface area contributed by atoms with Gasteiger partial charge in [0.1, 0.15) is 0 Å². The van der Waals surface area contributed by atoms with Crippen molar-refractivity contribution in [3.05, 3.63) is 72.2 Å². The molecule has 1 aromatic carbocycles. The van der Waals surface area contributed by atoms with Gasteiger partial charge >= 0.3 is 0 Å². The van der Waals surface area contributed by atoms with Gasteiger partial charge in [0.05, 0.1) is 11.7 Å². The standard InChI is InChI=1S/C20H21N3/c1-15-14-17(10-12-21-15)19-11-13-23(22-19)20-9-5-8-18(20)16-6-3-2-4-7-16/h2-4,6-7,10-14,18,20H,5,8-9H2,1H3/t18-,20+/m1/s1. The number of hydrogen-bond acceptors (Lipinski definition) is 2. The van der Waals surface area contributed by atoms with Crippen molar-refractivity contribution in [2.75, 3.05) is 0 Å². The average molecular weight is 303 g/mol. The number of hydrogen-bond donors (Lipinski definition) is 0. The normalized spacial score (nSPS) is 20.7. The van der Waals surface area contributed by atoms with Crippen molar-refractivity contribution < 1.29 is 0 Å². The molecule has 4 rings (SSSR count). The molecule has 3 nitrogen and oxygen atoms in total. The van der Waals surface area contributed by atoms with Gasteiger partial charge in [-0.2, -0.15) is 5.10 Å². The average Bonchev–Trinajstić information content (AvgIpc) is 3.25. The smallest absolute Gasteiger partial charge is 0.0924 e. The van der Waals surface area contributed by atoms with E-state index in [2.05, 4.69) is 58.3 Å². The zero-order valence-electron chi connectivity index (χ0n) is 13.4. The summed E-state index contributed by atoms with van der Waals surface area (Å²) in [7, 11) is 0. The van der Waals surface area contributed by atoms with Crippen LogP contribution in [0.15, 0.2) is 60.9 Å². The third-order valence-corrected chi connectivity index (χ3v) is 4.85. The maximum atomic E-state index is 4.87. The van der Waals surface area contributed by atoms with E-state index in [9.17, 15) is 0 Å². The van der Waals surface area contributed by atoms with Gasteiger partial charge in [0.2, 0.25) is 0 Å². The van der Waals surface area contributed by atoms with Crippen LogP contribution in [0.5, 0.6) is 0 Å². The van der Waals surface area contributed by atoms with Crippen LogP contribution in [0.4, 0.5) is 0 Å². The molecule has 1 saturated carbocycles. The predicted octanol–water partition coefficient (Wildman–Crippen LogP) is 4.76. The molecule has 3 aromatic rings. The van der Waals surface area contributed by atoms with Gasteiger partial charge in [0.15, 0.2) is 0 Å². The van der Waals surface area contributed by atoms with Crippen LogP contribution in [-0.4, -0.2) is 14.8 Å². The lowest BCUT2D eigenvalue weighted by Gasteiger charge is -2.20. The quantitative estimate of drug-likeness (QED) is 0.698. The first-order valence-corrected chi connectivity index (χ1v) is 8.34. The highest BCUT2D eigenvalue weighted by Gasteiger charge is 2.30. The highest BCUT2D eigenvalue weighted by Crippen LogP contribution is 2.42. The summed E-state index contributed by atoms with van der Waals surface area (Å²) in [5, 5.41) is 4.87. The van der Waals surface area contributed by atoms with E-state index in [1.165, 1.54) is 24.8 Å². The topological polar surface area (TPSA) is 30.7 Å². The lowest BCUT2D eigenvalue weighted by molar-refractivity contribution is 0.424. The summed E-state index contributed by atoms with van der Waals surface area (Å²) in [5.74, 6) is 0.572. The van der Waals surface area contributed by atoms with Crippen LogP contribution in [0, 0.1) is 6.92 Å². The minimum Gasteiger partial charge on any atom is -0.268 e. The molecule has 0 aliphatic heterocycles. The largest absolute Gasteiger partial charge is 0.268 e. The Hall–Kier alpha value is -2.42. The second-order valence-electron chi connectivity index (χ2n) is 6.38. The molecule has 2 aromatic heterocycles. The van der Waals surface area contributed by atoms with Gasteiger partial charge in [0.25, 0.3) is 0 Å². The van der Waals surface area contributed by atoms with E-state index in [4.69, 9.17) is 5.10 Å². The SMILES string of the molecule is Cc1cc(-c2ccn([C@H]3CCC[C@@H]3c3ccccc3)n2)ccn1. The van der Waals surface area contributed by atoms with Crippen molar-refractivity contribution in [3.8, 4) is 11.3 Å². The van der Waals surface area contributed by atoms with Gasteiger partial charge in [-0.3, -0.25) is 9.67 Å². The maximum absolute atomic E-state index is 4.87. The Morgan fingerprint density at radius 3 is 2.74 bits per heavy atom. The van der Waals surface area contributed by atoms with Gasteiger partial charge in [-0.15, -0.1) is 0 Å². The molecule has 2 atom stereocenters. The molecule has 0 saturated heterocycles. The minimum atomic E-state index is 0.467. The van der Waals surface area contributed by atoms with Crippen LogP contribution in [0.25, 0.3) is 11.3 Å². The molecule has 1 aliphatic carbocycles. The summed E-state index contributed by atoms with van der Waals surface area (Å²) < 4.78 is 2.18. The lowest BCUT2D eigenvalue weighted by Crippen LogP contribution is -2.13. The molecule has 0 N–H and O–H groups in total. The molecule has 0 bridgehead atoms. The Balaban J connectivity index is 1.63. The Morgan fingerprint density at radius 1 is 1.04 bits per heavy atom. The zero-order valence-corrected chi connectivity index (χ0v) is 13.4. The van der Waals surface area contributed by atoms with Crippen LogP contribution in [0.1, 0.15) is 42.5 Å². The van der Waals surface area contributed by atoms with Crippen LogP contribution >= 0.6 is 0 Å². The predicted molar refractivity (Wildman–Crippen MR) is 92.3 cm³/mol. The molecule has 116 valence electrons. The van der Waals surface area contributed by atoms with Crippen molar-refractivity contribution in [3.63, 3.8) is 0 Å². The molecule has 0 radical (unpaired) electrons. The van der Waals surface area contributed by atoms with Crippen LogP contribution in [0.3, 0.4) is 0 Å². The van der Waals surface area contributed by atoms with Gasteiger partial charge in [0, 0.05) is 29.6 Å². The molecular weight excluding hydrogens is 282 g/mol. The van der Waals surface area contributed by atoms with Gasteiger partial charge in [-0.1, -0.05) is 36.8 Å². The summed E-state index contributed by atoms with van der Waals surface area (Å²) in [4.78, 5) is 4.27. The molecule has 0 unspecified atom stereocenters. The first-order valence-electron chi connectivity index (χ1n) is 8.34. The molecule has 3 heteroatoms. The monoisotopic (exact) mass is 303 g/mol. The summed E-state index contributed by atoms with van der Waals surface area (Å²) in [6, 6.07) is 17.6. The van der Waals surface area contributed by atoms with E-state index in [-0.39, 0.29) is 0 Å². The summed E-state index contributed by atoms with van der Waals surface area (Å²) in [6.45, 7) is 2.02. The molecule has 2 heterocycles. The van der Waals surface area contributed by atoms with Crippen molar-refractivity contribution >= 4 is 0 Å². The lowest BCUT2D eigenvalue weighted by atomic mass is 9.94. The number of nitrogens with zero attached hydrogens (tertiary/aromatic N) is 3. The highest BCUT2D eigenvalue weighted by molar-refractivity contribution is 5.58. The Bertz CT molecular complexity index is 791. The molecule has 0 spiro atoms. The number of pyridine rings is 1. The van der Waals surface area contributed by atoms with Crippen LogP contribution < -0.4 is 0 Å². The van der Waals surface area contributed by atoms with Gasteiger partial charge in [-0.25, -0.2) is 0 Å². The van der Waals surface area contributed by atoms with E-state index in [0.717, 1.165) is 17.0 Å². The van der Waals surface area contributed by atoms with Crippen molar-refractivity contribution in [2.24, 2.45) is 0 Å². The number of rotatable bonds is 3. The van der Waals surface area contributed by atoms with Crippen molar-refractivity contribution in [2.45, 2.75) is 38.1 Å². The van der Waals surface area contributed by atoms with Gasteiger partial charge < -0.3 is 0 Å². The fourth-order valence-corrected chi connectivity index (χ4v) is 3.73. The number of aryl methyl sites for hydroxylation is 1. The van der Waals surface area contributed by atoms with E-state index in [1.807, 2.05) is 19.2 Å². The number of benzene rings is 1. The van der Waals surface area contributed by atoms with E-state index in [0.29, 0.717) is 12.0 Å². The highest BCUT2D eigenvalue weighted by atomic mass is 15.3. The fraction of sp³-hybridized carbons (Fsp3) is 0.300. The zero-order chi connectivity index (χ0) is 15.6. The summed E-state index contributed by atoms with van der Waals surface area (Å²) >= 11 is 0. The Morgan fingerprint density at radius 2 is 1.91 bits per heavy atom. The summed E-state index contributed by atoms with van der Waals surface area (Å²) in [6.07, 6.45) is 7.71. The first kappa shape index (κ1) is 14.2. The van der Waals surface area contributed by atoms with Crippen LogP contribution in [-0.2, 0) is 0 Å². The third kappa shape index (κ3) is 2.79. The molecular formula is C20H21N3. The van der Waals surface area contributed by atoms with E-state index < -0.39 is 0 Å². The number of aromatic nitrogens is 3. The Kier molecular flexibility index (Phi) is 3.70. The van der Waals surface area contributed by atoms with E-state index >= 15 is 0 Å². The van der Waals surface area contributed by atoms with Crippen molar-refractivity contribution in [1.82, 2.24) is 14.8 Å². The molecule has 1 fully saturated rings. The second-order valence-corrected chi connectivity index (χ2v) is 6.38. The van der Waals surface area contributed by atoms with Gasteiger partial charge in [-0.05, 0) is 43.5 Å². The van der Waals surface area contributed by atoms with Crippen molar-refractivity contribution in [1.29, 1.82) is 0 Å². The molecule has 1 aliphatic rings. The Labute approximate surface area is 137 Å². The van der Waals surface area contributed by atoms with E-state index in [1.54, 1.807) is 0 Å². The van der Waals surface area contributed by atoms with Crippen LogP contribution in [0.2, 0.25) is 0 Å². The first-order chi connectivity index (χ1) is 11.3. The maximum Gasteiger partial charge on any atom is 0.0924 e. The third-order valence-electron chi connectivity index (χ3n) is 4.85. The summed E-state index contributed by atoms with van der Waals surface area (Å²) in [5.41, 5.74) is 4.65. The molecule has 0 amide bonds. The fourth-order valence-electron chi connectivity index (χ4n) is 3.73. The molecule has 23 heavy (non-hydrogen) atoms. The second kappa shape index (κ2) is 5.99. The minimum absolute atomic E-state index is 0.467.